The van der Waals surface area contributed by atoms with Crippen LogP contribution >= 0.6 is 0 Å². The smallest absolute Gasteiger partial charge is 0.303 e. The zero-order valence-electron chi connectivity index (χ0n) is 8.46. The maximum Gasteiger partial charge on any atom is 0.303 e. The van der Waals surface area contributed by atoms with Crippen LogP contribution < -0.4 is 4.98 Å². The Labute approximate surface area is 103 Å². The molecule has 1 N–H and O–H groups in total. The molecule has 4 nitrogen and oxygen atoms in total. The second-order valence-electron chi connectivity index (χ2n) is 3.32. The van der Waals surface area contributed by atoms with Gasteiger partial charge >= 0.3 is 5.97 Å². The fourth-order valence-electron chi connectivity index (χ4n) is 1.33. The topological polar surface area (TPSA) is 64.3 Å². The molecule has 0 amide bonds. The third-order valence-electron chi connectivity index (χ3n) is 2.09. The van der Waals surface area contributed by atoms with Gasteiger partial charge in [-0.1, -0.05) is 31.1 Å². The molecule has 88 valence electrons. The molecule has 0 saturated carbocycles. The van der Waals surface area contributed by atoms with Gasteiger partial charge in [-0.05, 0) is 19.3 Å². The SMILES string of the molecule is O=C(O)CCCCCCc1c[n-]cn1.[Pd]. The van der Waals surface area contributed by atoms with Crippen molar-refractivity contribution in [2.75, 3.05) is 0 Å². The van der Waals surface area contributed by atoms with Gasteiger partial charge in [-0.25, -0.2) is 0 Å². The van der Waals surface area contributed by atoms with Crippen molar-refractivity contribution in [1.82, 2.24) is 9.97 Å². The first-order chi connectivity index (χ1) is 6.79. The van der Waals surface area contributed by atoms with E-state index in [1.807, 2.05) is 0 Å². The molecule has 0 aromatic carbocycles. The van der Waals surface area contributed by atoms with Gasteiger partial charge in [0.05, 0.1) is 0 Å². The van der Waals surface area contributed by atoms with Gasteiger partial charge in [0, 0.05) is 26.8 Å². The van der Waals surface area contributed by atoms with E-state index in [2.05, 4.69) is 9.97 Å². The Morgan fingerprint density at radius 1 is 1.33 bits per heavy atom. The molecule has 1 aromatic heterocycles. The summed E-state index contributed by atoms with van der Waals surface area (Å²) in [5.74, 6) is -0.702. The standard InChI is InChI=1S/C10H16N2O2.Pd/c13-10(14)6-4-2-1-3-5-9-7-11-8-12-9;/h7-8H,1-6H2,(H2,11,12,13,14);/p-1. The Kier molecular flexibility index (Phi) is 8.26. The van der Waals surface area contributed by atoms with Crippen LogP contribution in [-0.2, 0) is 31.6 Å². The monoisotopic (exact) mass is 301 g/mol. The fraction of sp³-hybridized carbons (Fsp3) is 0.600. The number of aryl methyl sites for hydroxylation is 1. The molecule has 0 saturated heterocycles. The molecular formula is C10H15N2O2Pd-. The molecule has 0 aliphatic rings. The van der Waals surface area contributed by atoms with E-state index in [-0.39, 0.29) is 26.8 Å². The summed E-state index contributed by atoms with van der Waals surface area (Å²) in [6.45, 7) is 0. The minimum absolute atomic E-state index is 0. The summed E-state index contributed by atoms with van der Waals surface area (Å²) in [6, 6.07) is 0. The maximum absolute atomic E-state index is 10.2. The molecule has 15 heavy (non-hydrogen) atoms. The van der Waals surface area contributed by atoms with Gasteiger partial charge < -0.3 is 15.1 Å². The molecule has 0 aliphatic heterocycles. The second-order valence-corrected chi connectivity index (χ2v) is 3.32. The van der Waals surface area contributed by atoms with Crippen LogP contribution in [0.25, 0.3) is 0 Å². The van der Waals surface area contributed by atoms with Crippen LogP contribution in [0.2, 0.25) is 0 Å². The van der Waals surface area contributed by atoms with E-state index < -0.39 is 5.97 Å². The van der Waals surface area contributed by atoms with Crippen molar-refractivity contribution in [3.63, 3.8) is 0 Å². The molecule has 0 aliphatic carbocycles. The Balaban J connectivity index is 0.00000196. The average molecular weight is 302 g/mol. The summed E-state index contributed by atoms with van der Waals surface area (Å²) in [6.07, 6.45) is 8.47. The number of unbranched alkanes of at least 4 members (excludes halogenated alkanes) is 3. The van der Waals surface area contributed by atoms with Crippen molar-refractivity contribution >= 4 is 5.97 Å². The number of hydrogen-bond donors (Lipinski definition) is 1. The number of carbonyl (C=O) groups is 1. The van der Waals surface area contributed by atoms with Crippen LogP contribution in [0.5, 0.6) is 0 Å². The minimum Gasteiger partial charge on any atom is -0.481 e. The summed E-state index contributed by atoms with van der Waals surface area (Å²) in [5, 5.41) is 8.40. The van der Waals surface area contributed by atoms with Crippen LogP contribution in [0, 0.1) is 0 Å². The molecular weight excluding hydrogens is 287 g/mol. The minimum atomic E-state index is -0.702. The van der Waals surface area contributed by atoms with E-state index in [0.717, 1.165) is 37.8 Å². The summed E-state index contributed by atoms with van der Waals surface area (Å²) in [5.41, 5.74) is 1.03. The van der Waals surface area contributed by atoms with Crippen LogP contribution in [-0.4, -0.2) is 16.1 Å². The number of carboxylic acid groups (broad SMARTS) is 1. The fourth-order valence-corrected chi connectivity index (χ4v) is 1.33. The Hall–Kier alpha value is -0.658. The number of aliphatic carboxylic acids is 1. The molecule has 0 unspecified atom stereocenters. The van der Waals surface area contributed by atoms with Gasteiger partial charge in [-0.15, -0.1) is 0 Å². The van der Waals surface area contributed by atoms with E-state index in [0.29, 0.717) is 0 Å². The van der Waals surface area contributed by atoms with Crippen LogP contribution in [0.15, 0.2) is 12.5 Å². The summed E-state index contributed by atoms with van der Waals surface area (Å²) in [4.78, 5) is 18.1. The first kappa shape index (κ1) is 14.3. The summed E-state index contributed by atoms with van der Waals surface area (Å²) < 4.78 is 0. The molecule has 0 fully saturated rings. The van der Waals surface area contributed by atoms with Crippen molar-refractivity contribution in [2.24, 2.45) is 0 Å². The Morgan fingerprint density at radius 2 is 2.07 bits per heavy atom. The zero-order valence-corrected chi connectivity index (χ0v) is 10.0. The summed E-state index contributed by atoms with van der Waals surface area (Å²) >= 11 is 0. The first-order valence-corrected chi connectivity index (χ1v) is 4.92. The predicted molar refractivity (Wildman–Crippen MR) is 52.0 cm³/mol. The quantitative estimate of drug-likeness (QED) is 0.614. The number of hydrogen-bond acceptors (Lipinski definition) is 2. The largest absolute Gasteiger partial charge is 0.481 e. The predicted octanol–water partition coefficient (Wildman–Crippen LogP) is 1.61. The van der Waals surface area contributed by atoms with E-state index in [9.17, 15) is 4.79 Å². The molecule has 5 heteroatoms. The Bertz CT molecular complexity index is 262. The number of rotatable bonds is 7. The number of nitrogens with zero attached hydrogens (tertiary/aromatic N) is 2. The average Bonchev–Trinajstić information content (AvgIpc) is 2.63. The van der Waals surface area contributed by atoms with E-state index in [4.69, 9.17) is 5.11 Å². The molecule has 0 bridgehead atoms. The van der Waals surface area contributed by atoms with Crippen LogP contribution in [0.4, 0.5) is 0 Å². The van der Waals surface area contributed by atoms with E-state index in [1.165, 1.54) is 0 Å². The third kappa shape index (κ3) is 7.29. The molecule has 1 heterocycles. The molecule has 0 spiro atoms. The van der Waals surface area contributed by atoms with Crippen LogP contribution in [0.1, 0.15) is 37.8 Å². The van der Waals surface area contributed by atoms with E-state index in [1.54, 1.807) is 12.5 Å². The van der Waals surface area contributed by atoms with Crippen molar-refractivity contribution in [2.45, 2.75) is 38.5 Å². The Morgan fingerprint density at radius 3 is 2.67 bits per heavy atom. The number of carboxylic acids is 1. The molecule has 0 atom stereocenters. The third-order valence-corrected chi connectivity index (χ3v) is 2.09. The zero-order chi connectivity index (χ0) is 10.2. The molecule has 1 aromatic rings. The van der Waals surface area contributed by atoms with Gasteiger partial charge in [0.25, 0.3) is 0 Å². The van der Waals surface area contributed by atoms with Crippen molar-refractivity contribution in [3.8, 4) is 0 Å². The van der Waals surface area contributed by atoms with Gasteiger partial charge in [0.1, 0.15) is 0 Å². The first-order valence-electron chi connectivity index (χ1n) is 4.92. The van der Waals surface area contributed by atoms with Crippen molar-refractivity contribution in [1.29, 1.82) is 0 Å². The van der Waals surface area contributed by atoms with Crippen LogP contribution in [0.3, 0.4) is 0 Å². The molecule has 1 rings (SSSR count). The van der Waals surface area contributed by atoms with Gasteiger partial charge in [0.2, 0.25) is 0 Å². The van der Waals surface area contributed by atoms with Crippen molar-refractivity contribution < 1.29 is 30.3 Å². The maximum atomic E-state index is 10.2. The van der Waals surface area contributed by atoms with Gasteiger partial charge in [0.15, 0.2) is 0 Å². The van der Waals surface area contributed by atoms with Crippen molar-refractivity contribution in [3.05, 3.63) is 18.2 Å². The van der Waals surface area contributed by atoms with E-state index >= 15 is 0 Å². The summed E-state index contributed by atoms with van der Waals surface area (Å²) in [7, 11) is 0. The normalized spacial score (nSPS) is 9.60. The second kappa shape index (κ2) is 8.63. The number of aromatic nitrogens is 2. The van der Waals surface area contributed by atoms with Gasteiger partial charge in [-0.2, -0.15) is 0 Å². The van der Waals surface area contributed by atoms with Gasteiger partial charge in [-0.3, -0.25) is 4.79 Å². The molecule has 0 radical (unpaired) electrons. The number of imidazole rings is 1.